The van der Waals surface area contributed by atoms with Gasteiger partial charge in [-0.15, -0.1) is 0 Å². The molecule has 0 bridgehead atoms. The van der Waals surface area contributed by atoms with E-state index in [4.69, 9.17) is 9.22 Å². The monoisotopic (exact) mass is 355 g/mol. The van der Waals surface area contributed by atoms with Gasteiger partial charge in [-0.1, -0.05) is 0 Å². The second kappa shape index (κ2) is 11.7. The van der Waals surface area contributed by atoms with E-state index in [2.05, 4.69) is 26.1 Å². The molecule has 0 aromatic carbocycles. The Morgan fingerprint density at radius 2 is 1.24 bits per heavy atom. The van der Waals surface area contributed by atoms with E-state index in [9.17, 15) is 0 Å². The zero-order valence-electron chi connectivity index (χ0n) is 11.9. The molecular weight excluding hydrogens is 325 g/mol. The van der Waals surface area contributed by atoms with E-state index in [-0.39, 0.29) is 0 Å². The van der Waals surface area contributed by atoms with Gasteiger partial charge in [-0.05, 0) is 0 Å². The molecule has 0 rings (SSSR count). The summed E-state index contributed by atoms with van der Waals surface area (Å²) in [4.78, 5) is 0. The standard InChI is InChI=1S/C3H8N.3C3H7O.Sn/c1-3-4-2;3*1-2-3-4;/h4H,1,3H2,2H3;3*2-3H2,1H3;/q;3*-1;+3. The fourth-order valence-electron chi connectivity index (χ4n) is 1.39. The Hall–Kier alpha value is 0.639. The maximum atomic E-state index is 6.01. The number of hydrogen-bond donors (Lipinski definition) is 1. The fraction of sp³-hybridized carbons (Fsp3) is 1.00. The molecule has 0 heterocycles. The van der Waals surface area contributed by atoms with Crippen LogP contribution in [0.2, 0.25) is 4.44 Å². The first kappa shape index (κ1) is 17.6. The first-order valence-corrected chi connectivity index (χ1v) is 12.3. The van der Waals surface area contributed by atoms with Gasteiger partial charge in [0.2, 0.25) is 0 Å². The van der Waals surface area contributed by atoms with Gasteiger partial charge in [0.15, 0.2) is 0 Å². The quantitative estimate of drug-likeness (QED) is 0.547. The molecule has 104 valence electrons. The normalized spacial score (nSPS) is 12.0. The van der Waals surface area contributed by atoms with Crippen molar-refractivity contribution in [2.75, 3.05) is 33.4 Å². The van der Waals surface area contributed by atoms with E-state index in [0.29, 0.717) is 0 Å². The molecule has 0 aliphatic heterocycles. The Kier molecular flexibility index (Phi) is 12.2. The second-order valence-corrected chi connectivity index (χ2v) is 11.9. The minimum atomic E-state index is -3.25. The van der Waals surface area contributed by atoms with E-state index < -0.39 is 19.6 Å². The minimum absolute atomic E-state index is 0.757. The van der Waals surface area contributed by atoms with Gasteiger partial charge in [0.05, 0.1) is 0 Å². The molecule has 0 saturated carbocycles. The van der Waals surface area contributed by atoms with Crippen LogP contribution in [0.5, 0.6) is 0 Å². The van der Waals surface area contributed by atoms with Gasteiger partial charge >= 0.3 is 112 Å². The molecule has 0 aromatic heterocycles. The van der Waals surface area contributed by atoms with Crippen LogP contribution in [0.15, 0.2) is 0 Å². The first-order chi connectivity index (χ1) is 8.24. The fourth-order valence-corrected chi connectivity index (χ4v) is 9.34. The van der Waals surface area contributed by atoms with Crippen LogP contribution in [-0.2, 0) is 9.22 Å². The second-order valence-electron chi connectivity index (χ2n) is 4.08. The van der Waals surface area contributed by atoms with Gasteiger partial charge in [0.1, 0.15) is 0 Å². The molecule has 0 amide bonds. The molecule has 0 saturated heterocycles. The maximum absolute atomic E-state index is 6.01. The summed E-state index contributed by atoms with van der Waals surface area (Å²) in [5.41, 5.74) is 0. The molecule has 0 spiro atoms. The Bertz CT molecular complexity index is 132. The van der Waals surface area contributed by atoms with Crippen LogP contribution in [0.25, 0.3) is 0 Å². The van der Waals surface area contributed by atoms with Gasteiger partial charge in [0.25, 0.3) is 0 Å². The molecule has 17 heavy (non-hydrogen) atoms. The summed E-state index contributed by atoms with van der Waals surface area (Å²) in [7, 11) is 1.95. The summed E-state index contributed by atoms with van der Waals surface area (Å²) in [5, 5.41) is 3.16. The van der Waals surface area contributed by atoms with Gasteiger partial charge < -0.3 is 0 Å². The average molecular weight is 354 g/mol. The van der Waals surface area contributed by atoms with Crippen molar-refractivity contribution in [1.82, 2.24) is 5.32 Å². The van der Waals surface area contributed by atoms with Gasteiger partial charge in [-0.2, -0.15) is 0 Å². The van der Waals surface area contributed by atoms with Crippen molar-refractivity contribution in [3.8, 4) is 0 Å². The van der Waals surface area contributed by atoms with Crippen LogP contribution in [0.4, 0.5) is 0 Å². The summed E-state index contributed by atoms with van der Waals surface area (Å²) in [6, 6.07) is 0. The summed E-state index contributed by atoms with van der Waals surface area (Å²) >= 11 is -3.25. The molecule has 0 atom stereocenters. The Balaban J connectivity index is 4.39. The van der Waals surface area contributed by atoms with Crippen LogP contribution in [0, 0.1) is 0 Å². The van der Waals surface area contributed by atoms with Crippen molar-refractivity contribution in [3.05, 3.63) is 0 Å². The Labute approximate surface area is 112 Å². The van der Waals surface area contributed by atoms with Gasteiger partial charge in [0, 0.05) is 0 Å². The molecule has 5 heteroatoms. The van der Waals surface area contributed by atoms with Gasteiger partial charge in [-0.3, -0.25) is 0 Å². The van der Waals surface area contributed by atoms with Crippen LogP contribution >= 0.6 is 0 Å². The Morgan fingerprint density at radius 3 is 1.53 bits per heavy atom. The SMILES string of the molecule is CCC[O][Sn]([CH2]CNC)([O]CCC)[O]CCC. The van der Waals surface area contributed by atoms with E-state index in [1.54, 1.807) is 0 Å². The van der Waals surface area contributed by atoms with Crippen molar-refractivity contribution in [1.29, 1.82) is 0 Å². The third-order valence-corrected chi connectivity index (χ3v) is 10.2. The predicted molar refractivity (Wildman–Crippen MR) is 73.2 cm³/mol. The van der Waals surface area contributed by atoms with E-state index in [1.807, 2.05) is 7.05 Å². The number of rotatable bonds is 12. The third-order valence-electron chi connectivity index (χ3n) is 2.26. The van der Waals surface area contributed by atoms with Crippen molar-refractivity contribution >= 4 is 19.6 Å². The van der Waals surface area contributed by atoms with Crippen molar-refractivity contribution in [2.45, 2.75) is 44.5 Å². The molecule has 0 unspecified atom stereocenters. The summed E-state index contributed by atoms with van der Waals surface area (Å²) < 4.78 is 19.0. The van der Waals surface area contributed by atoms with Crippen LogP contribution in [0.3, 0.4) is 0 Å². The number of hydrogen-bond acceptors (Lipinski definition) is 4. The molecule has 0 aliphatic rings. The van der Waals surface area contributed by atoms with E-state index >= 15 is 0 Å². The molecule has 0 fully saturated rings. The molecular formula is C12H29NO3Sn. The van der Waals surface area contributed by atoms with E-state index in [0.717, 1.165) is 50.1 Å². The molecule has 0 aromatic rings. The zero-order valence-corrected chi connectivity index (χ0v) is 14.7. The zero-order chi connectivity index (χ0) is 13.0. The summed E-state index contributed by atoms with van der Waals surface area (Å²) in [5.74, 6) is 0. The van der Waals surface area contributed by atoms with Crippen molar-refractivity contribution < 1.29 is 9.22 Å². The third kappa shape index (κ3) is 8.37. The molecule has 0 aliphatic carbocycles. The molecule has 1 N–H and O–H groups in total. The molecule has 0 radical (unpaired) electrons. The number of nitrogens with one attached hydrogen (secondary N) is 1. The molecule has 4 nitrogen and oxygen atoms in total. The van der Waals surface area contributed by atoms with Crippen LogP contribution < -0.4 is 5.32 Å². The topological polar surface area (TPSA) is 39.7 Å². The van der Waals surface area contributed by atoms with Crippen LogP contribution in [0.1, 0.15) is 40.0 Å². The summed E-state index contributed by atoms with van der Waals surface area (Å²) in [6.45, 7) is 9.54. The first-order valence-electron chi connectivity index (χ1n) is 6.81. The van der Waals surface area contributed by atoms with Crippen molar-refractivity contribution in [3.63, 3.8) is 0 Å². The Morgan fingerprint density at radius 1 is 0.824 bits per heavy atom. The summed E-state index contributed by atoms with van der Waals surface area (Å²) in [6.07, 6.45) is 3.05. The van der Waals surface area contributed by atoms with Crippen LogP contribution in [-0.4, -0.2) is 53.0 Å². The average Bonchev–Trinajstić information content (AvgIpc) is 2.37. The van der Waals surface area contributed by atoms with Gasteiger partial charge in [-0.25, -0.2) is 0 Å². The predicted octanol–water partition coefficient (Wildman–Crippen LogP) is 2.42. The van der Waals surface area contributed by atoms with E-state index in [1.165, 1.54) is 0 Å². The van der Waals surface area contributed by atoms with Crippen molar-refractivity contribution in [2.24, 2.45) is 0 Å².